The third kappa shape index (κ3) is 2.38. The Kier molecular flexibility index (Phi) is 3.52. The summed E-state index contributed by atoms with van der Waals surface area (Å²) >= 11 is 0. The number of aryl methyl sites for hydroxylation is 1. The van der Waals surface area contributed by atoms with Crippen molar-refractivity contribution >= 4 is 23.7 Å². The monoisotopic (exact) mass is 339 g/mol. The van der Waals surface area contributed by atoms with Gasteiger partial charge in [-0.2, -0.15) is 10.1 Å². The first-order chi connectivity index (χ1) is 12.0. The van der Waals surface area contributed by atoms with Gasteiger partial charge in [-0.05, 0) is 31.6 Å². The molecule has 1 aliphatic heterocycles. The molecule has 0 aromatic heterocycles. The minimum Gasteiger partial charge on any atom is -0.272 e. The van der Waals surface area contributed by atoms with Crippen LogP contribution in [-0.4, -0.2) is 28.0 Å². The van der Waals surface area contributed by atoms with Gasteiger partial charge in [-0.1, -0.05) is 24.3 Å². The van der Waals surface area contributed by atoms with Gasteiger partial charge >= 0.3 is 0 Å². The van der Waals surface area contributed by atoms with Crippen molar-refractivity contribution in [2.45, 2.75) is 19.8 Å². The Bertz CT molecular complexity index is 813. The highest BCUT2D eigenvalue weighted by molar-refractivity contribution is 6.06. The second kappa shape index (κ2) is 5.61. The summed E-state index contributed by atoms with van der Waals surface area (Å²) in [5.74, 6) is -0.889. The number of imide groups is 1. The van der Waals surface area contributed by atoms with Crippen LogP contribution >= 0.6 is 0 Å². The van der Waals surface area contributed by atoms with Crippen molar-refractivity contribution in [2.24, 2.45) is 28.8 Å². The number of benzene rings is 1. The second-order valence-corrected chi connectivity index (χ2v) is 6.88. The normalized spacial score (nSPS) is 30.4. The van der Waals surface area contributed by atoms with Crippen LogP contribution in [0.3, 0.4) is 0 Å². The predicted molar refractivity (Wildman–Crippen MR) is 89.6 cm³/mol. The van der Waals surface area contributed by atoms with Gasteiger partial charge in [-0.3, -0.25) is 19.7 Å². The van der Waals surface area contributed by atoms with E-state index in [0.29, 0.717) is 11.1 Å². The fraction of sp³-hybridized carbons (Fsp3) is 0.389. The number of nitro groups is 1. The molecule has 0 radical (unpaired) electrons. The molecule has 1 saturated heterocycles. The summed E-state index contributed by atoms with van der Waals surface area (Å²) < 4.78 is 0. The van der Waals surface area contributed by atoms with Gasteiger partial charge in [0, 0.05) is 17.2 Å². The zero-order valence-electron chi connectivity index (χ0n) is 13.7. The van der Waals surface area contributed by atoms with Gasteiger partial charge in [0.2, 0.25) is 0 Å². The van der Waals surface area contributed by atoms with Gasteiger partial charge < -0.3 is 0 Å². The molecule has 5 rings (SSSR count). The lowest BCUT2D eigenvalue weighted by Gasteiger charge is -2.37. The van der Waals surface area contributed by atoms with E-state index in [1.807, 2.05) is 0 Å². The molecule has 0 spiro atoms. The summed E-state index contributed by atoms with van der Waals surface area (Å²) in [4.78, 5) is 35.8. The first kappa shape index (κ1) is 15.7. The number of nitro benzene ring substituents is 1. The predicted octanol–water partition coefficient (Wildman–Crippen LogP) is 2.43. The van der Waals surface area contributed by atoms with Gasteiger partial charge in [0.15, 0.2) is 0 Å². The highest BCUT2D eigenvalue weighted by Gasteiger charge is 2.56. The van der Waals surface area contributed by atoms with Crippen molar-refractivity contribution < 1.29 is 14.5 Å². The number of carbonyl (C=O) groups excluding carboxylic acids is 2. The number of hydrazone groups is 1. The molecule has 25 heavy (non-hydrogen) atoms. The SMILES string of the molecule is Cc1ccc(/C=N\N2C(=O)[C@H]3[C@H](C2=O)[C@H]2C=C[C@H]3CC2)cc1[N+](=O)[O-]. The van der Waals surface area contributed by atoms with E-state index >= 15 is 0 Å². The fourth-order valence-electron chi connectivity index (χ4n) is 4.20. The van der Waals surface area contributed by atoms with Crippen molar-refractivity contribution in [2.75, 3.05) is 0 Å². The molecule has 3 aliphatic carbocycles. The molecule has 1 saturated carbocycles. The molecule has 1 aromatic carbocycles. The van der Waals surface area contributed by atoms with E-state index in [1.54, 1.807) is 19.1 Å². The average molecular weight is 339 g/mol. The van der Waals surface area contributed by atoms with Crippen molar-refractivity contribution in [1.82, 2.24) is 5.01 Å². The van der Waals surface area contributed by atoms with E-state index in [-0.39, 0.29) is 41.2 Å². The number of hydrogen-bond donors (Lipinski definition) is 0. The summed E-state index contributed by atoms with van der Waals surface area (Å²) in [7, 11) is 0. The maximum Gasteiger partial charge on any atom is 0.272 e. The number of rotatable bonds is 3. The molecular weight excluding hydrogens is 322 g/mol. The highest BCUT2D eigenvalue weighted by atomic mass is 16.6. The molecule has 128 valence electrons. The van der Waals surface area contributed by atoms with Gasteiger partial charge in [0.05, 0.1) is 23.0 Å². The van der Waals surface area contributed by atoms with Crippen molar-refractivity contribution in [3.05, 3.63) is 51.6 Å². The lowest BCUT2D eigenvalue weighted by Crippen LogP contribution is -2.38. The van der Waals surface area contributed by atoms with E-state index in [4.69, 9.17) is 0 Å². The fourth-order valence-corrected chi connectivity index (χ4v) is 4.20. The molecule has 2 amide bonds. The number of hydrogen-bond acceptors (Lipinski definition) is 5. The lowest BCUT2D eigenvalue weighted by atomic mass is 9.63. The standard InChI is InChI=1S/C18H17N3O4/c1-10-2-3-11(8-14(10)21(24)25)9-19-20-17(22)15-12-4-5-13(7-6-12)16(15)18(20)23/h2-5,8-9,12-13,15-16H,6-7H2,1H3/b19-9-/t12-,13-,15+,16+/m0/s1. The Hall–Kier alpha value is -2.83. The van der Waals surface area contributed by atoms with E-state index in [1.165, 1.54) is 12.3 Å². The summed E-state index contributed by atoms with van der Waals surface area (Å²) in [5.41, 5.74) is 1.01. The Morgan fingerprint density at radius 3 is 2.28 bits per heavy atom. The van der Waals surface area contributed by atoms with Crippen LogP contribution in [0.2, 0.25) is 0 Å². The molecule has 1 aromatic rings. The van der Waals surface area contributed by atoms with Crippen LogP contribution in [0.5, 0.6) is 0 Å². The van der Waals surface area contributed by atoms with Crippen LogP contribution in [0.1, 0.15) is 24.0 Å². The van der Waals surface area contributed by atoms with Crippen LogP contribution in [0, 0.1) is 40.7 Å². The van der Waals surface area contributed by atoms with Crippen LogP contribution < -0.4 is 0 Å². The van der Waals surface area contributed by atoms with Crippen molar-refractivity contribution in [3.63, 3.8) is 0 Å². The van der Waals surface area contributed by atoms with E-state index < -0.39 is 4.92 Å². The van der Waals surface area contributed by atoms with Gasteiger partial charge in [-0.25, -0.2) is 0 Å². The lowest BCUT2D eigenvalue weighted by molar-refractivity contribution is -0.385. The first-order valence-corrected chi connectivity index (χ1v) is 8.32. The summed E-state index contributed by atoms with van der Waals surface area (Å²) in [6.07, 6.45) is 7.31. The molecule has 4 atom stereocenters. The topological polar surface area (TPSA) is 92.9 Å². The van der Waals surface area contributed by atoms with Crippen LogP contribution in [-0.2, 0) is 9.59 Å². The largest absolute Gasteiger partial charge is 0.272 e. The quantitative estimate of drug-likeness (QED) is 0.278. The van der Waals surface area contributed by atoms with Crippen molar-refractivity contribution in [3.8, 4) is 0 Å². The van der Waals surface area contributed by atoms with Gasteiger partial charge in [0.1, 0.15) is 0 Å². The minimum absolute atomic E-state index is 0.0149. The number of allylic oxidation sites excluding steroid dienone is 2. The highest BCUT2D eigenvalue weighted by Crippen LogP contribution is 2.49. The van der Waals surface area contributed by atoms with E-state index in [2.05, 4.69) is 17.3 Å². The molecule has 7 nitrogen and oxygen atoms in total. The summed E-state index contributed by atoms with van der Waals surface area (Å²) in [6.45, 7) is 1.65. The Morgan fingerprint density at radius 1 is 1.16 bits per heavy atom. The van der Waals surface area contributed by atoms with Crippen LogP contribution in [0.15, 0.2) is 35.5 Å². The smallest absolute Gasteiger partial charge is 0.272 e. The maximum atomic E-state index is 12.6. The molecule has 1 heterocycles. The van der Waals surface area contributed by atoms with E-state index in [0.717, 1.165) is 17.9 Å². The molecule has 4 aliphatic rings. The zero-order valence-corrected chi connectivity index (χ0v) is 13.7. The summed E-state index contributed by atoms with van der Waals surface area (Å²) in [5, 5.41) is 16.0. The number of fused-ring (bicyclic) bond motifs is 1. The average Bonchev–Trinajstić information content (AvgIpc) is 2.88. The Morgan fingerprint density at radius 2 is 1.76 bits per heavy atom. The van der Waals surface area contributed by atoms with Crippen LogP contribution in [0.25, 0.3) is 0 Å². The number of nitrogens with zero attached hydrogens (tertiary/aromatic N) is 3. The third-order valence-corrected chi connectivity index (χ3v) is 5.49. The second-order valence-electron chi connectivity index (χ2n) is 6.88. The van der Waals surface area contributed by atoms with Gasteiger partial charge in [0.25, 0.3) is 17.5 Å². The zero-order chi connectivity index (χ0) is 17.7. The molecule has 0 N–H and O–H groups in total. The van der Waals surface area contributed by atoms with Crippen molar-refractivity contribution in [1.29, 1.82) is 0 Å². The molecular formula is C18H17N3O4. The number of carbonyl (C=O) groups is 2. The molecule has 7 heteroatoms. The third-order valence-electron chi connectivity index (χ3n) is 5.49. The summed E-state index contributed by atoms with van der Waals surface area (Å²) in [6, 6.07) is 4.69. The Labute approximate surface area is 144 Å². The molecule has 2 bridgehead atoms. The maximum absolute atomic E-state index is 12.6. The first-order valence-electron chi connectivity index (χ1n) is 8.32. The minimum atomic E-state index is -0.462. The Balaban J connectivity index is 1.60. The molecule has 0 unspecified atom stereocenters. The van der Waals surface area contributed by atoms with Gasteiger partial charge in [-0.15, -0.1) is 0 Å². The number of amides is 2. The van der Waals surface area contributed by atoms with Crippen LogP contribution in [0.4, 0.5) is 5.69 Å². The molecule has 2 fully saturated rings. The van der Waals surface area contributed by atoms with E-state index in [9.17, 15) is 19.7 Å².